The Morgan fingerprint density at radius 1 is 1.07 bits per heavy atom. The Morgan fingerprint density at radius 2 is 1.89 bits per heavy atom. The molecule has 1 saturated heterocycles. The van der Waals surface area contributed by atoms with Gasteiger partial charge in [-0.05, 0) is 56.1 Å². The molecule has 1 fully saturated rings. The van der Waals surface area contributed by atoms with E-state index in [-0.39, 0.29) is 0 Å². The maximum absolute atomic E-state index is 5.83. The van der Waals surface area contributed by atoms with E-state index < -0.39 is 0 Å². The number of hydrogen-bond donors (Lipinski definition) is 0. The van der Waals surface area contributed by atoms with E-state index in [1.54, 1.807) is 0 Å². The van der Waals surface area contributed by atoms with E-state index in [2.05, 4.69) is 34.1 Å². The lowest BCUT2D eigenvalue weighted by molar-refractivity contribution is 0.135. The van der Waals surface area contributed by atoms with Crippen molar-refractivity contribution in [2.75, 3.05) is 6.54 Å². The molecule has 1 aliphatic rings. The third-order valence-corrected chi connectivity index (χ3v) is 5.11. The number of rotatable bonds is 6. The van der Waals surface area contributed by atoms with Crippen molar-refractivity contribution in [2.24, 2.45) is 0 Å². The molecule has 5 heteroatoms. The summed E-state index contributed by atoms with van der Waals surface area (Å²) in [5, 5.41) is 4.15. The van der Waals surface area contributed by atoms with Crippen molar-refractivity contribution in [1.82, 2.24) is 15.0 Å². The molecule has 1 atom stereocenters. The Morgan fingerprint density at radius 3 is 2.67 bits per heavy atom. The average Bonchev–Trinajstić information content (AvgIpc) is 3.18. The van der Waals surface area contributed by atoms with Crippen LogP contribution in [0.1, 0.15) is 37.6 Å². The van der Waals surface area contributed by atoms with Crippen LogP contribution in [0.2, 0.25) is 0 Å². The molecule has 0 spiro atoms. The van der Waals surface area contributed by atoms with E-state index in [0.717, 1.165) is 30.0 Å². The summed E-state index contributed by atoms with van der Waals surface area (Å²) in [5.74, 6) is 2.14. The van der Waals surface area contributed by atoms with E-state index in [0.29, 0.717) is 24.4 Å². The lowest BCUT2D eigenvalue weighted by Crippen LogP contribution is -2.36. The summed E-state index contributed by atoms with van der Waals surface area (Å²) in [5.41, 5.74) is 2.08. The van der Waals surface area contributed by atoms with Gasteiger partial charge in [0.15, 0.2) is 0 Å². The Kier molecular flexibility index (Phi) is 5.49. The average molecular weight is 363 g/mol. The van der Waals surface area contributed by atoms with Crippen LogP contribution >= 0.6 is 0 Å². The lowest BCUT2D eigenvalue weighted by atomic mass is 10.0. The smallest absolute Gasteiger partial charge is 0.241 e. The minimum Gasteiger partial charge on any atom is -0.489 e. The third-order valence-electron chi connectivity index (χ3n) is 5.11. The molecule has 3 aromatic rings. The first-order chi connectivity index (χ1) is 13.3. The summed E-state index contributed by atoms with van der Waals surface area (Å²) in [6, 6.07) is 18.6. The van der Waals surface area contributed by atoms with Gasteiger partial charge in [0.1, 0.15) is 12.4 Å². The van der Waals surface area contributed by atoms with Crippen molar-refractivity contribution in [3.8, 4) is 17.1 Å². The molecule has 5 nitrogen and oxygen atoms in total. The summed E-state index contributed by atoms with van der Waals surface area (Å²) in [6.45, 7) is 4.66. The number of piperidine rings is 1. The maximum Gasteiger partial charge on any atom is 0.241 e. The van der Waals surface area contributed by atoms with E-state index in [4.69, 9.17) is 9.26 Å². The summed E-state index contributed by atoms with van der Waals surface area (Å²) >= 11 is 0. The lowest BCUT2D eigenvalue weighted by Gasteiger charge is -2.31. The first-order valence-corrected chi connectivity index (χ1v) is 9.62. The van der Waals surface area contributed by atoms with Gasteiger partial charge in [-0.2, -0.15) is 4.98 Å². The largest absolute Gasteiger partial charge is 0.489 e. The highest BCUT2D eigenvalue weighted by Gasteiger charge is 2.21. The fraction of sp³-hybridized carbons (Fsp3) is 0.364. The van der Waals surface area contributed by atoms with E-state index in [1.807, 2.05) is 42.5 Å². The van der Waals surface area contributed by atoms with Crippen molar-refractivity contribution in [3.63, 3.8) is 0 Å². The van der Waals surface area contributed by atoms with Crippen LogP contribution in [0.4, 0.5) is 0 Å². The Bertz CT molecular complexity index is 846. The van der Waals surface area contributed by atoms with E-state index in [9.17, 15) is 0 Å². The zero-order valence-electron chi connectivity index (χ0n) is 15.7. The highest BCUT2D eigenvalue weighted by atomic mass is 16.5. The molecule has 2 heterocycles. The first-order valence-electron chi connectivity index (χ1n) is 9.62. The molecule has 1 aliphatic heterocycles. The summed E-state index contributed by atoms with van der Waals surface area (Å²) in [7, 11) is 0. The van der Waals surface area contributed by atoms with Crippen molar-refractivity contribution >= 4 is 0 Å². The molecule has 0 radical (unpaired) electrons. The first kappa shape index (κ1) is 17.7. The molecule has 0 unspecified atom stereocenters. The van der Waals surface area contributed by atoms with Crippen LogP contribution in [-0.2, 0) is 13.2 Å². The normalized spacial score (nSPS) is 17.7. The molecule has 0 saturated carbocycles. The molecule has 140 valence electrons. The molecule has 0 aliphatic carbocycles. The number of aromatic nitrogens is 2. The third kappa shape index (κ3) is 4.55. The monoisotopic (exact) mass is 363 g/mol. The Hall–Kier alpha value is -2.66. The number of benzene rings is 2. The van der Waals surface area contributed by atoms with Gasteiger partial charge < -0.3 is 9.26 Å². The quantitative estimate of drug-likeness (QED) is 0.636. The van der Waals surface area contributed by atoms with Crippen molar-refractivity contribution in [2.45, 2.75) is 45.4 Å². The number of likely N-dealkylation sites (tertiary alicyclic amines) is 1. The predicted octanol–water partition coefficient (Wildman–Crippen LogP) is 4.69. The minimum absolute atomic E-state index is 0.556. The second kappa shape index (κ2) is 8.35. The van der Waals surface area contributed by atoms with Crippen LogP contribution < -0.4 is 4.74 Å². The van der Waals surface area contributed by atoms with Gasteiger partial charge in [0.25, 0.3) is 0 Å². The fourth-order valence-corrected chi connectivity index (χ4v) is 3.44. The van der Waals surface area contributed by atoms with Gasteiger partial charge >= 0.3 is 0 Å². The van der Waals surface area contributed by atoms with Crippen LogP contribution in [0.3, 0.4) is 0 Å². The van der Waals surface area contributed by atoms with Crippen LogP contribution in [0.5, 0.6) is 5.75 Å². The van der Waals surface area contributed by atoms with Gasteiger partial charge in [0, 0.05) is 11.6 Å². The molecular formula is C22H25N3O2. The van der Waals surface area contributed by atoms with E-state index in [1.165, 1.54) is 19.3 Å². The standard InChI is InChI=1S/C22H25N3O2/c1-17-7-5-6-14-25(17)15-21-23-22(24-27-21)19-10-12-20(13-11-19)26-16-18-8-3-2-4-9-18/h2-4,8-13,17H,5-7,14-16H2,1H3/t17-/m0/s1. The van der Waals surface area contributed by atoms with Gasteiger partial charge in [-0.1, -0.05) is 41.9 Å². The van der Waals surface area contributed by atoms with Gasteiger partial charge in [-0.25, -0.2) is 0 Å². The van der Waals surface area contributed by atoms with Crippen LogP contribution in [0.25, 0.3) is 11.4 Å². The van der Waals surface area contributed by atoms with Gasteiger partial charge in [0.05, 0.1) is 6.54 Å². The Balaban J connectivity index is 1.37. The van der Waals surface area contributed by atoms with Gasteiger partial charge in [-0.15, -0.1) is 0 Å². The number of hydrogen-bond acceptors (Lipinski definition) is 5. The number of ether oxygens (including phenoxy) is 1. The molecule has 4 rings (SSSR count). The van der Waals surface area contributed by atoms with E-state index >= 15 is 0 Å². The molecule has 0 bridgehead atoms. The van der Waals surface area contributed by atoms with Crippen molar-refractivity contribution in [1.29, 1.82) is 0 Å². The highest BCUT2D eigenvalue weighted by molar-refractivity contribution is 5.55. The van der Waals surface area contributed by atoms with Crippen molar-refractivity contribution < 1.29 is 9.26 Å². The molecule has 2 aromatic carbocycles. The zero-order valence-corrected chi connectivity index (χ0v) is 15.7. The summed E-state index contributed by atoms with van der Waals surface area (Å²) in [6.07, 6.45) is 3.80. The molecule has 1 aromatic heterocycles. The summed E-state index contributed by atoms with van der Waals surface area (Å²) < 4.78 is 11.3. The molecular weight excluding hydrogens is 338 g/mol. The molecule has 0 N–H and O–H groups in total. The Labute approximate surface area is 160 Å². The molecule has 0 amide bonds. The van der Waals surface area contributed by atoms with Crippen molar-refractivity contribution in [3.05, 3.63) is 66.1 Å². The highest BCUT2D eigenvalue weighted by Crippen LogP contribution is 2.23. The van der Waals surface area contributed by atoms with Gasteiger partial charge in [-0.3, -0.25) is 4.90 Å². The maximum atomic E-state index is 5.83. The van der Waals surface area contributed by atoms with Crippen LogP contribution in [-0.4, -0.2) is 27.6 Å². The number of nitrogens with zero attached hydrogens (tertiary/aromatic N) is 3. The second-order valence-electron chi connectivity index (χ2n) is 7.13. The minimum atomic E-state index is 0.556. The zero-order chi connectivity index (χ0) is 18.5. The summed E-state index contributed by atoms with van der Waals surface area (Å²) in [4.78, 5) is 6.99. The van der Waals surface area contributed by atoms with Gasteiger partial charge in [0.2, 0.25) is 11.7 Å². The topological polar surface area (TPSA) is 51.4 Å². The fourth-order valence-electron chi connectivity index (χ4n) is 3.44. The SMILES string of the molecule is C[C@H]1CCCCN1Cc1nc(-c2ccc(OCc3ccccc3)cc2)no1. The predicted molar refractivity (Wildman–Crippen MR) is 104 cm³/mol. The second-order valence-corrected chi connectivity index (χ2v) is 7.13. The molecule has 27 heavy (non-hydrogen) atoms. The van der Waals surface area contributed by atoms with Crippen LogP contribution in [0.15, 0.2) is 59.1 Å². The van der Waals surface area contributed by atoms with Crippen LogP contribution in [0, 0.1) is 0 Å².